The van der Waals surface area contributed by atoms with E-state index in [-0.39, 0.29) is 5.91 Å². The highest BCUT2D eigenvalue weighted by Crippen LogP contribution is 2.20. The maximum atomic E-state index is 11.9. The number of nitrogens with zero attached hydrogens (tertiary/aromatic N) is 3. The third-order valence-corrected chi connectivity index (χ3v) is 3.11. The van der Waals surface area contributed by atoms with Gasteiger partial charge in [0.1, 0.15) is 0 Å². The maximum absolute atomic E-state index is 11.9. The zero-order valence-corrected chi connectivity index (χ0v) is 9.22. The summed E-state index contributed by atoms with van der Waals surface area (Å²) < 4.78 is 0. The Kier molecular flexibility index (Phi) is 3.51. The molecule has 6 heteroatoms. The zero-order valence-electron chi connectivity index (χ0n) is 9.22. The largest absolute Gasteiger partial charge is 0.337 e. The fourth-order valence-electron chi connectivity index (χ4n) is 2.13. The van der Waals surface area contributed by atoms with E-state index in [1.165, 1.54) is 6.20 Å². The zero-order chi connectivity index (χ0) is 11.4. The fourth-order valence-corrected chi connectivity index (χ4v) is 2.13. The highest BCUT2D eigenvalue weighted by Gasteiger charge is 2.24. The molecule has 1 aromatic rings. The summed E-state index contributed by atoms with van der Waals surface area (Å²) in [5, 5.41) is 9.90. The molecule has 0 saturated carbocycles. The predicted octanol–water partition coefficient (Wildman–Crippen LogP) is 0.00570. The number of hydrogen-bond acceptors (Lipinski definition) is 4. The summed E-state index contributed by atoms with van der Waals surface area (Å²) in [6, 6.07) is 0. The number of carbonyl (C=O) groups is 1. The summed E-state index contributed by atoms with van der Waals surface area (Å²) in [7, 11) is 0. The lowest BCUT2D eigenvalue weighted by Crippen LogP contribution is -2.39. The molecule has 0 atom stereocenters. The van der Waals surface area contributed by atoms with E-state index in [2.05, 4.69) is 15.4 Å². The summed E-state index contributed by atoms with van der Waals surface area (Å²) in [4.78, 5) is 13.7. The van der Waals surface area contributed by atoms with Gasteiger partial charge in [-0.3, -0.25) is 4.79 Å². The number of rotatable bonds is 3. The molecule has 88 valence electrons. The predicted molar refractivity (Wildman–Crippen MR) is 58.7 cm³/mol. The van der Waals surface area contributed by atoms with Crippen molar-refractivity contribution >= 4 is 5.91 Å². The molecule has 1 fully saturated rings. The van der Waals surface area contributed by atoms with Gasteiger partial charge in [0.25, 0.3) is 5.91 Å². The Bertz CT molecular complexity index is 329. The number of hydrogen-bond donors (Lipinski definition) is 2. The molecule has 1 saturated heterocycles. The van der Waals surface area contributed by atoms with E-state index < -0.39 is 0 Å². The SMILES string of the molecule is NCCC1CCN(C(=O)c2cn[nH]n2)CC1. The molecule has 0 aliphatic carbocycles. The van der Waals surface area contributed by atoms with Crippen LogP contribution in [0.15, 0.2) is 6.20 Å². The average molecular weight is 223 g/mol. The van der Waals surface area contributed by atoms with E-state index in [1.54, 1.807) is 0 Å². The number of aromatic amines is 1. The van der Waals surface area contributed by atoms with Crippen molar-refractivity contribution in [1.29, 1.82) is 0 Å². The van der Waals surface area contributed by atoms with Crippen molar-refractivity contribution in [2.24, 2.45) is 11.7 Å². The average Bonchev–Trinajstić information content (AvgIpc) is 2.83. The van der Waals surface area contributed by atoms with E-state index in [0.717, 1.165) is 38.9 Å². The summed E-state index contributed by atoms with van der Waals surface area (Å²) >= 11 is 0. The highest BCUT2D eigenvalue weighted by molar-refractivity contribution is 5.91. The summed E-state index contributed by atoms with van der Waals surface area (Å²) in [5.74, 6) is 0.645. The molecule has 1 amide bonds. The van der Waals surface area contributed by atoms with E-state index in [0.29, 0.717) is 11.6 Å². The van der Waals surface area contributed by atoms with Gasteiger partial charge in [-0.15, -0.1) is 0 Å². The first-order valence-electron chi connectivity index (χ1n) is 5.66. The van der Waals surface area contributed by atoms with E-state index in [4.69, 9.17) is 5.73 Å². The number of nitrogens with two attached hydrogens (primary N) is 1. The molecule has 6 nitrogen and oxygen atoms in total. The van der Waals surface area contributed by atoms with Crippen molar-refractivity contribution in [3.05, 3.63) is 11.9 Å². The molecular weight excluding hydrogens is 206 g/mol. The number of aromatic nitrogens is 3. The van der Waals surface area contributed by atoms with Gasteiger partial charge in [0.2, 0.25) is 0 Å². The van der Waals surface area contributed by atoms with Gasteiger partial charge in [-0.2, -0.15) is 15.4 Å². The van der Waals surface area contributed by atoms with Crippen LogP contribution in [0.5, 0.6) is 0 Å². The van der Waals surface area contributed by atoms with Crippen LogP contribution in [-0.2, 0) is 0 Å². The van der Waals surface area contributed by atoms with Crippen LogP contribution in [0.25, 0.3) is 0 Å². The first-order chi connectivity index (χ1) is 7.81. The number of nitrogens with one attached hydrogen (secondary N) is 1. The summed E-state index contributed by atoms with van der Waals surface area (Å²) in [6.07, 6.45) is 4.61. The van der Waals surface area contributed by atoms with Gasteiger partial charge in [-0.1, -0.05) is 0 Å². The lowest BCUT2D eigenvalue weighted by molar-refractivity contribution is 0.0682. The Labute approximate surface area is 94.2 Å². The molecule has 0 aromatic carbocycles. The second kappa shape index (κ2) is 5.07. The van der Waals surface area contributed by atoms with Gasteiger partial charge in [-0.25, -0.2) is 0 Å². The van der Waals surface area contributed by atoms with Crippen molar-refractivity contribution < 1.29 is 4.79 Å². The minimum absolute atomic E-state index is 0.0278. The summed E-state index contributed by atoms with van der Waals surface area (Å²) in [6.45, 7) is 2.34. The van der Waals surface area contributed by atoms with Crippen LogP contribution < -0.4 is 5.73 Å². The van der Waals surface area contributed by atoms with Gasteiger partial charge < -0.3 is 10.6 Å². The third kappa shape index (κ3) is 2.38. The fraction of sp³-hybridized carbons (Fsp3) is 0.700. The molecule has 0 radical (unpaired) electrons. The molecule has 1 aromatic heterocycles. The molecule has 0 bridgehead atoms. The van der Waals surface area contributed by atoms with Gasteiger partial charge in [-0.05, 0) is 31.7 Å². The molecule has 2 heterocycles. The minimum atomic E-state index is -0.0278. The molecule has 2 rings (SSSR count). The van der Waals surface area contributed by atoms with Crippen molar-refractivity contribution in [2.45, 2.75) is 19.3 Å². The quantitative estimate of drug-likeness (QED) is 0.755. The molecule has 1 aliphatic rings. The standard InChI is InChI=1S/C10H17N5O/c11-4-1-8-2-5-15(6-3-8)10(16)9-7-12-14-13-9/h7-8H,1-6,11H2,(H,12,13,14). The monoisotopic (exact) mass is 223 g/mol. The molecule has 3 N–H and O–H groups in total. The lowest BCUT2D eigenvalue weighted by atomic mass is 9.93. The van der Waals surface area contributed by atoms with Crippen LogP contribution in [-0.4, -0.2) is 45.9 Å². The van der Waals surface area contributed by atoms with Crippen molar-refractivity contribution in [1.82, 2.24) is 20.3 Å². The van der Waals surface area contributed by atoms with Crippen molar-refractivity contribution in [3.63, 3.8) is 0 Å². The molecule has 0 spiro atoms. The molecule has 16 heavy (non-hydrogen) atoms. The number of carbonyl (C=O) groups excluding carboxylic acids is 1. The third-order valence-electron chi connectivity index (χ3n) is 3.11. The highest BCUT2D eigenvalue weighted by atomic mass is 16.2. The Morgan fingerprint density at radius 2 is 2.31 bits per heavy atom. The van der Waals surface area contributed by atoms with Gasteiger partial charge >= 0.3 is 0 Å². The van der Waals surface area contributed by atoms with Crippen LogP contribution in [0, 0.1) is 5.92 Å². The molecule has 1 aliphatic heterocycles. The second-order valence-corrected chi connectivity index (χ2v) is 4.17. The Morgan fingerprint density at radius 3 is 2.88 bits per heavy atom. The van der Waals surface area contributed by atoms with Crippen LogP contribution in [0.3, 0.4) is 0 Å². The smallest absolute Gasteiger partial charge is 0.276 e. The van der Waals surface area contributed by atoms with Gasteiger partial charge in [0.15, 0.2) is 5.69 Å². The van der Waals surface area contributed by atoms with Crippen LogP contribution >= 0.6 is 0 Å². The van der Waals surface area contributed by atoms with E-state index in [1.807, 2.05) is 4.90 Å². The lowest BCUT2D eigenvalue weighted by Gasteiger charge is -2.31. The topological polar surface area (TPSA) is 87.9 Å². The van der Waals surface area contributed by atoms with Crippen molar-refractivity contribution in [2.75, 3.05) is 19.6 Å². The van der Waals surface area contributed by atoms with Gasteiger partial charge in [0, 0.05) is 13.1 Å². The van der Waals surface area contributed by atoms with Crippen LogP contribution in [0.1, 0.15) is 29.8 Å². The molecule has 0 unspecified atom stereocenters. The number of likely N-dealkylation sites (tertiary alicyclic amines) is 1. The number of H-pyrrole nitrogens is 1. The molecular formula is C10H17N5O. The minimum Gasteiger partial charge on any atom is -0.337 e. The van der Waals surface area contributed by atoms with E-state index >= 15 is 0 Å². The Morgan fingerprint density at radius 1 is 1.56 bits per heavy atom. The summed E-state index contributed by atoms with van der Waals surface area (Å²) in [5.41, 5.74) is 5.93. The van der Waals surface area contributed by atoms with E-state index in [9.17, 15) is 4.79 Å². The van der Waals surface area contributed by atoms with Crippen LogP contribution in [0.2, 0.25) is 0 Å². The first-order valence-corrected chi connectivity index (χ1v) is 5.66. The first kappa shape index (κ1) is 11.1. The Balaban J connectivity index is 1.87. The number of piperidine rings is 1. The van der Waals surface area contributed by atoms with Crippen LogP contribution in [0.4, 0.5) is 0 Å². The number of amides is 1. The second-order valence-electron chi connectivity index (χ2n) is 4.17. The Hall–Kier alpha value is -1.43. The van der Waals surface area contributed by atoms with Crippen molar-refractivity contribution in [3.8, 4) is 0 Å². The maximum Gasteiger partial charge on any atom is 0.276 e. The van der Waals surface area contributed by atoms with Gasteiger partial charge in [0.05, 0.1) is 6.20 Å². The normalized spacial score (nSPS) is 17.7.